The number of nitrogens with zero attached hydrogens (tertiary/aromatic N) is 3. The lowest BCUT2D eigenvalue weighted by Crippen LogP contribution is -2.54. The van der Waals surface area contributed by atoms with Gasteiger partial charge in [0.05, 0.1) is 24.4 Å². The first-order valence-electron chi connectivity index (χ1n) is 12.5. The minimum Gasteiger partial charge on any atom is -0.378 e. The number of sulfonamides is 1. The average Bonchev–Trinajstić information content (AvgIpc) is 3.36. The fourth-order valence-corrected chi connectivity index (χ4v) is 6.25. The second kappa shape index (κ2) is 10.6. The van der Waals surface area contributed by atoms with Gasteiger partial charge in [-0.05, 0) is 67.9 Å². The molecule has 2 fully saturated rings. The predicted molar refractivity (Wildman–Crippen MR) is 133 cm³/mol. The van der Waals surface area contributed by atoms with Gasteiger partial charge >= 0.3 is 15.5 Å². The third-order valence-corrected chi connectivity index (χ3v) is 8.70. The van der Waals surface area contributed by atoms with Crippen LogP contribution in [0, 0.1) is 5.92 Å². The molecule has 0 bridgehead atoms. The van der Waals surface area contributed by atoms with Crippen molar-refractivity contribution in [1.82, 2.24) is 19.9 Å². The summed E-state index contributed by atoms with van der Waals surface area (Å²) in [6, 6.07) is 10.9. The standard InChI is InChI=1S/C25H30F3N5O3S/c26-25(27,28)37(34,35)32-23-10-12-33(24-3-1-2-11-29-24)15-20(23)16-36-21-7-4-17(5-8-21)18-6-9-22-19(13-18)14-30-31-22/h1-3,6,9,11,13-14,17,20-21,23,32H,4-5,7-8,10,12,15-16H2,(H,30,31)/t17?,20-,21?,23-/m0/s1. The number of hydrogen-bond donors (Lipinski definition) is 2. The van der Waals surface area contributed by atoms with E-state index in [2.05, 4.69) is 27.3 Å². The molecule has 1 aromatic carbocycles. The van der Waals surface area contributed by atoms with Crippen molar-refractivity contribution in [1.29, 1.82) is 0 Å². The number of benzene rings is 1. The van der Waals surface area contributed by atoms with Gasteiger partial charge in [0.2, 0.25) is 0 Å². The number of piperidine rings is 1. The fourth-order valence-electron chi connectivity index (χ4n) is 5.41. The third kappa shape index (κ3) is 5.91. The molecule has 37 heavy (non-hydrogen) atoms. The normalized spacial score (nSPS) is 25.4. The highest BCUT2D eigenvalue weighted by atomic mass is 32.2. The molecule has 0 radical (unpaired) electrons. The van der Waals surface area contributed by atoms with Crippen LogP contribution in [0.2, 0.25) is 0 Å². The summed E-state index contributed by atoms with van der Waals surface area (Å²) < 4.78 is 71.0. The summed E-state index contributed by atoms with van der Waals surface area (Å²) in [4.78, 5) is 6.31. The van der Waals surface area contributed by atoms with Crippen molar-refractivity contribution in [2.24, 2.45) is 5.92 Å². The van der Waals surface area contributed by atoms with Gasteiger partial charge in [0.1, 0.15) is 5.82 Å². The van der Waals surface area contributed by atoms with Crippen LogP contribution in [0.4, 0.5) is 19.0 Å². The number of ether oxygens (including phenoxy) is 1. The number of rotatable bonds is 7. The summed E-state index contributed by atoms with van der Waals surface area (Å²) >= 11 is 0. The number of H-pyrrole nitrogens is 1. The maximum Gasteiger partial charge on any atom is 0.511 e. The number of nitrogens with one attached hydrogen (secondary N) is 2. The molecule has 3 heterocycles. The second-order valence-electron chi connectivity index (χ2n) is 9.88. The molecule has 2 N–H and O–H groups in total. The summed E-state index contributed by atoms with van der Waals surface area (Å²) in [6.07, 6.45) is 7.25. The Morgan fingerprint density at radius 3 is 2.65 bits per heavy atom. The van der Waals surface area contributed by atoms with E-state index >= 15 is 0 Å². The van der Waals surface area contributed by atoms with Crippen molar-refractivity contribution < 1.29 is 26.3 Å². The van der Waals surface area contributed by atoms with E-state index in [9.17, 15) is 21.6 Å². The Morgan fingerprint density at radius 1 is 1.11 bits per heavy atom. The van der Waals surface area contributed by atoms with Crippen LogP contribution in [0.1, 0.15) is 43.6 Å². The van der Waals surface area contributed by atoms with Gasteiger partial charge in [0.15, 0.2) is 0 Å². The molecule has 8 nitrogen and oxygen atoms in total. The van der Waals surface area contributed by atoms with E-state index in [0.717, 1.165) is 36.6 Å². The zero-order chi connectivity index (χ0) is 26.0. The van der Waals surface area contributed by atoms with Gasteiger partial charge in [-0.3, -0.25) is 5.10 Å². The van der Waals surface area contributed by atoms with E-state index in [1.807, 2.05) is 34.0 Å². The van der Waals surface area contributed by atoms with Crippen molar-refractivity contribution in [3.63, 3.8) is 0 Å². The van der Waals surface area contributed by atoms with Crippen LogP contribution >= 0.6 is 0 Å². The highest BCUT2D eigenvalue weighted by Crippen LogP contribution is 2.36. The Bertz CT molecular complexity index is 1290. The number of fused-ring (bicyclic) bond motifs is 1. The molecule has 200 valence electrons. The largest absolute Gasteiger partial charge is 0.511 e. The summed E-state index contributed by atoms with van der Waals surface area (Å²) in [5.41, 5.74) is -3.08. The van der Waals surface area contributed by atoms with Gasteiger partial charge in [-0.15, -0.1) is 0 Å². The zero-order valence-corrected chi connectivity index (χ0v) is 21.0. The van der Waals surface area contributed by atoms with Crippen molar-refractivity contribution in [2.75, 3.05) is 24.6 Å². The minimum absolute atomic E-state index is 0.0148. The minimum atomic E-state index is -5.45. The van der Waals surface area contributed by atoms with Gasteiger partial charge < -0.3 is 9.64 Å². The van der Waals surface area contributed by atoms with Crippen LogP contribution in [0.15, 0.2) is 48.8 Å². The van der Waals surface area contributed by atoms with Gasteiger partial charge in [-0.2, -0.15) is 18.3 Å². The first-order valence-corrected chi connectivity index (χ1v) is 14.0. The SMILES string of the molecule is O=S(=O)(N[C@H]1CCN(c2ccccn2)C[C@H]1COC1CCC(c2ccc3[nH]ncc3c2)CC1)C(F)(F)F. The quantitative estimate of drug-likeness (QED) is 0.465. The molecule has 0 unspecified atom stereocenters. The van der Waals surface area contributed by atoms with E-state index in [0.29, 0.717) is 24.8 Å². The molecule has 12 heteroatoms. The molecule has 2 aliphatic rings. The summed E-state index contributed by atoms with van der Waals surface area (Å²) in [7, 11) is -5.45. The van der Waals surface area contributed by atoms with Crippen molar-refractivity contribution >= 4 is 26.7 Å². The smallest absolute Gasteiger partial charge is 0.378 e. The molecule has 1 saturated carbocycles. The fraction of sp³-hybridized carbons (Fsp3) is 0.520. The topological polar surface area (TPSA) is 100 Å². The maximum absolute atomic E-state index is 13.1. The van der Waals surface area contributed by atoms with Gasteiger partial charge in [0, 0.05) is 36.6 Å². The van der Waals surface area contributed by atoms with Crippen LogP contribution in [0.5, 0.6) is 0 Å². The highest BCUT2D eigenvalue weighted by molar-refractivity contribution is 7.90. The molecule has 5 rings (SSSR count). The van der Waals surface area contributed by atoms with Crippen LogP contribution in [-0.2, 0) is 14.8 Å². The zero-order valence-electron chi connectivity index (χ0n) is 20.2. The molecular formula is C25H30F3N5O3S. The van der Waals surface area contributed by atoms with Crippen molar-refractivity contribution in [3.8, 4) is 0 Å². The van der Waals surface area contributed by atoms with E-state index in [4.69, 9.17) is 4.74 Å². The Kier molecular flexibility index (Phi) is 7.42. The summed E-state index contributed by atoms with van der Waals surface area (Å²) in [5.74, 6) is 0.675. The molecule has 0 amide bonds. The monoisotopic (exact) mass is 537 g/mol. The van der Waals surface area contributed by atoms with Gasteiger partial charge in [-0.1, -0.05) is 12.1 Å². The van der Waals surface area contributed by atoms with Crippen LogP contribution in [0.3, 0.4) is 0 Å². The number of alkyl halides is 3. The molecule has 2 aromatic heterocycles. The van der Waals surface area contributed by atoms with E-state index in [1.54, 1.807) is 12.3 Å². The number of anilines is 1. The molecule has 1 aliphatic heterocycles. The van der Waals surface area contributed by atoms with E-state index in [-0.39, 0.29) is 19.1 Å². The number of halogens is 3. The number of aromatic nitrogens is 3. The number of hydrogen-bond acceptors (Lipinski definition) is 6. The molecular weight excluding hydrogens is 507 g/mol. The summed E-state index contributed by atoms with van der Waals surface area (Å²) in [6.45, 7) is 0.914. The Labute approximate surface area is 213 Å². The average molecular weight is 538 g/mol. The Hall–Kier alpha value is -2.70. The number of pyridine rings is 1. The van der Waals surface area contributed by atoms with Crippen LogP contribution < -0.4 is 9.62 Å². The van der Waals surface area contributed by atoms with Crippen LogP contribution in [-0.4, -0.2) is 60.9 Å². The van der Waals surface area contributed by atoms with E-state index in [1.165, 1.54) is 5.56 Å². The van der Waals surface area contributed by atoms with E-state index < -0.39 is 27.5 Å². The Balaban J connectivity index is 1.21. The van der Waals surface area contributed by atoms with Crippen molar-refractivity contribution in [2.45, 2.75) is 55.7 Å². The van der Waals surface area contributed by atoms with Gasteiger partial charge in [0.25, 0.3) is 0 Å². The molecule has 1 saturated heterocycles. The Morgan fingerprint density at radius 2 is 1.92 bits per heavy atom. The molecule has 1 aliphatic carbocycles. The first kappa shape index (κ1) is 25.9. The maximum atomic E-state index is 13.1. The van der Waals surface area contributed by atoms with Crippen molar-refractivity contribution in [3.05, 3.63) is 54.4 Å². The predicted octanol–water partition coefficient (Wildman–Crippen LogP) is 4.34. The third-order valence-electron chi connectivity index (χ3n) is 7.47. The lowest BCUT2D eigenvalue weighted by atomic mass is 9.82. The van der Waals surface area contributed by atoms with Gasteiger partial charge in [-0.25, -0.2) is 18.1 Å². The number of aromatic amines is 1. The first-order chi connectivity index (χ1) is 17.7. The lowest BCUT2D eigenvalue weighted by Gasteiger charge is -2.40. The molecule has 3 aromatic rings. The lowest BCUT2D eigenvalue weighted by molar-refractivity contribution is -0.0460. The molecule has 2 atom stereocenters. The highest BCUT2D eigenvalue weighted by Gasteiger charge is 2.48. The van der Waals surface area contributed by atoms with Crippen LogP contribution in [0.25, 0.3) is 10.9 Å². The second-order valence-corrected chi connectivity index (χ2v) is 11.6. The summed E-state index contributed by atoms with van der Waals surface area (Å²) in [5, 5.41) is 8.12. The molecule has 0 spiro atoms.